The quantitative estimate of drug-likeness (QED) is 0.151. The first-order valence-electron chi connectivity index (χ1n) is 35.1. The third kappa shape index (κ3) is 9.57. The van der Waals surface area contributed by atoms with Crippen LogP contribution in [0.15, 0.2) is 292 Å². The van der Waals surface area contributed by atoms with E-state index in [0.29, 0.717) is 5.69 Å². The van der Waals surface area contributed by atoms with Gasteiger partial charge in [-0.25, -0.2) is 14.8 Å². The summed E-state index contributed by atoms with van der Waals surface area (Å²) in [6.45, 7) is 21.3. The fourth-order valence-electron chi connectivity index (χ4n) is 16.7. The van der Waals surface area contributed by atoms with E-state index in [0.717, 1.165) is 117 Å². The Bertz CT molecular complexity index is 6330. The average Bonchev–Trinajstić information content (AvgIpc) is 1.56. The highest BCUT2D eigenvalue weighted by atomic mass is 15.1. The summed E-state index contributed by atoms with van der Waals surface area (Å²) in [6.07, 6.45) is 14.7. The molecule has 11 aromatic heterocycles. The zero-order valence-electron chi connectivity index (χ0n) is 58.1. The fraction of sp³-hybridized carbons (Fsp3) is 0.0978. The third-order valence-corrected chi connectivity index (χ3v) is 21.8. The van der Waals surface area contributed by atoms with Crippen LogP contribution in [0, 0.1) is 6.57 Å². The zero-order valence-corrected chi connectivity index (χ0v) is 58.1. The van der Waals surface area contributed by atoms with Crippen LogP contribution in [0.25, 0.3) is 155 Å². The maximum Gasteiger partial charge on any atom is 0.187 e. The van der Waals surface area contributed by atoms with Crippen molar-refractivity contribution in [2.45, 2.75) is 57.8 Å². The molecule has 0 unspecified atom stereocenters. The van der Waals surface area contributed by atoms with Gasteiger partial charge in [0.25, 0.3) is 0 Å². The number of aromatic nitrogens is 11. The molecule has 0 bridgehead atoms. The Hall–Kier alpha value is -13.4. The van der Waals surface area contributed by atoms with Crippen LogP contribution in [0.3, 0.4) is 0 Å². The summed E-state index contributed by atoms with van der Waals surface area (Å²) >= 11 is 0. The molecule has 0 aliphatic heterocycles. The van der Waals surface area contributed by atoms with Gasteiger partial charge in [-0.05, 0) is 212 Å². The second-order valence-corrected chi connectivity index (χ2v) is 28.7. The highest BCUT2D eigenvalue weighted by molar-refractivity contribution is 6.12. The molecule has 3 aliphatic rings. The van der Waals surface area contributed by atoms with Crippen LogP contribution >= 0.6 is 0 Å². The molecule has 0 saturated carbocycles. The largest absolute Gasteiger partial charge is 0.308 e. The molecule has 18 aromatic rings. The van der Waals surface area contributed by atoms with Crippen molar-refractivity contribution in [1.29, 1.82) is 0 Å². The molecular formula is C92H66N12. The van der Waals surface area contributed by atoms with E-state index in [4.69, 9.17) is 31.5 Å². The van der Waals surface area contributed by atoms with E-state index in [1.807, 2.05) is 110 Å². The van der Waals surface area contributed by atoms with Gasteiger partial charge < -0.3 is 4.57 Å². The van der Waals surface area contributed by atoms with Gasteiger partial charge in [-0.2, -0.15) is 0 Å². The summed E-state index contributed by atoms with van der Waals surface area (Å²) in [7, 11) is 0. The van der Waals surface area contributed by atoms with Crippen LogP contribution in [0.1, 0.15) is 74.9 Å². The lowest BCUT2D eigenvalue weighted by Crippen LogP contribution is -2.14. The first-order chi connectivity index (χ1) is 50.8. The number of pyridine rings is 8. The Morgan fingerprint density at radius 2 is 0.731 bits per heavy atom. The minimum Gasteiger partial charge on any atom is -0.308 e. The van der Waals surface area contributed by atoms with Crippen molar-refractivity contribution in [3.8, 4) is 84.5 Å². The lowest BCUT2D eigenvalue weighted by Gasteiger charge is -2.22. The van der Waals surface area contributed by atoms with E-state index in [-0.39, 0.29) is 16.2 Å². The second-order valence-electron chi connectivity index (χ2n) is 28.7. The highest BCUT2D eigenvalue weighted by Gasteiger charge is 2.40. The van der Waals surface area contributed by atoms with Crippen molar-refractivity contribution >= 4 is 71.5 Å². The van der Waals surface area contributed by atoms with Crippen molar-refractivity contribution in [2.75, 3.05) is 0 Å². The van der Waals surface area contributed by atoms with Gasteiger partial charge >= 0.3 is 0 Å². The Labute approximate surface area is 600 Å². The minimum atomic E-state index is -0.191. The van der Waals surface area contributed by atoms with Gasteiger partial charge in [0.1, 0.15) is 11.6 Å². The number of rotatable bonds is 6. The average molecular weight is 1340 g/mol. The molecule has 12 nitrogen and oxygen atoms in total. The second kappa shape index (κ2) is 23.6. The molecule has 0 fully saturated rings. The summed E-state index contributed by atoms with van der Waals surface area (Å²) in [5.74, 6) is 1.74. The molecule has 11 heterocycles. The molecule has 0 atom stereocenters. The van der Waals surface area contributed by atoms with E-state index < -0.39 is 0 Å². The van der Waals surface area contributed by atoms with Gasteiger partial charge in [0.2, 0.25) is 0 Å². The molecular weight excluding hydrogens is 1270 g/mol. The van der Waals surface area contributed by atoms with Crippen LogP contribution in [0.5, 0.6) is 0 Å². The van der Waals surface area contributed by atoms with Crippen LogP contribution < -0.4 is 0 Å². The molecule has 104 heavy (non-hydrogen) atoms. The van der Waals surface area contributed by atoms with E-state index in [2.05, 4.69) is 239 Å². The molecule has 0 saturated heterocycles. The van der Waals surface area contributed by atoms with E-state index in [1.54, 1.807) is 18.6 Å². The Morgan fingerprint density at radius 1 is 0.298 bits per heavy atom. The first kappa shape index (κ1) is 61.7. The van der Waals surface area contributed by atoms with E-state index in [9.17, 15) is 0 Å². The Morgan fingerprint density at radius 3 is 1.26 bits per heavy atom. The summed E-state index contributed by atoms with van der Waals surface area (Å²) in [4.78, 5) is 41.2. The molecule has 7 aromatic carbocycles. The minimum absolute atomic E-state index is 0.0538. The standard InChI is InChI=1S/C32H22N4.2C30H22N4/c1-32(2)27-16-22(33-3)11-12-24(27)25-18-30-26(17-28(25)32)31-29(10-6-14-35-31)36(30)23-9-4-7-20(15-23)21-8-5-13-34-19-21;1-30(2)23-10-4-3-9-20(23)21-17-27-22(16-24(21)30)29-26(12-7-15-32-29)34(27)28-13-5-11-25(33-28)19-8-6-14-31-18-19;1-30(2)22-10-4-3-9-19(22)20-18-27-21(17-23(20)30)29-26(13-8-16-32-29)34(27)28-14-7-12-25(33-28)24-11-5-6-15-31-24/h4-19H,1-2H3;2*3-18H,1-2H3. The van der Waals surface area contributed by atoms with Crippen molar-refractivity contribution in [1.82, 2.24) is 53.6 Å². The molecule has 12 heteroatoms. The maximum absolute atomic E-state index is 7.49. The van der Waals surface area contributed by atoms with Crippen LogP contribution in [0.4, 0.5) is 5.69 Å². The third-order valence-electron chi connectivity index (χ3n) is 21.8. The molecule has 21 rings (SSSR count). The predicted molar refractivity (Wildman–Crippen MR) is 420 cm³/mol. The maximum atomic E-state index is 7.49. The summed E-state index contributed by atoms with van der Waals surface area (Å²) in [5, 5.41) is 3.45. The molecule has 0 spiro atoms. The van der Waals surface area contributed by atoms with E-state index >= 15 is 0 Å². The fourth-order valence-corrected chi connectivity index (χ4v) is 16.7. The topological polar surface area (TPSA) is 122 Å². The summed E-state index contributed by atoms with van der Waals surface area (Å²) < 4.78 is 6.79. The molecule has 3 aliphatic carbocycles. The lowest BCUT2D eigenvalue weighted by atomic mass is 9.82. The monoisotopic (exact) mass is 1340 g/mol. The van der Waals surface area contributed by atoms with Crippen molar-refractivity contribution in [3.05, 3.63) is 337 Å². The highest BCUT2D eigenvalue weighted by Crippen LogP contribution is 2.55. The van der Waals surface area contributed by atoms with Crippen LogP contribution in [-0.2, 0) is 16.2 Å². The predicted octanol–water partition coefficient (Wildman–Crippen LogP) is 22.0. The zero-order chi connectivity index (χ0) is 70.2. The smallest absolute Gasteiger partial charge is 0.187 e. The normalized spacial score (nSPS) is 13.7. The van der Waals surface area contributed by atoms with Crippen molar-refractivity contribution in [2.24, 2.45) is 0 Å². The number of benzene rings is 7. The van der Waals surface area contributed by atoms with Gasteiger partial charge in [0.05, 0.1) is 73.3 Å². The molecule has 494 valence electrons. The van der Waals surface area contributed by atoms with Crippen molar-refractivity contribution in [3.63, 3.8) is 0 Å². The Balaban J connectivity index is 0.000000107. The van der Waals surface area contributed by atoms with Crippen molar-refractivity contribution < 1.29 is 0 Å². The lowest BCUT2D eigenvalue weighted by molar-refractivity contribution is 0.661. The number of nitrogens with zero attached hydrogens (tertiary/aromatic N) is 12. The van der Waals surface area contributed by atoms with Gasteiger partial charge in [-0.15, -0.1) is 0 Å². The van der Waals surface area contributed by atoms with E-state index in [1.165, 1.54) is 66.8 Å². The Kier molecular flexibility index (Phi) is 14.0. The van der Waals surface area contributed by atoms with Gasteiger partial charge in [-0.3, -0.25) is 39.0 Å². The molecule has 0 radical (unpaired) electrons. The first-order valence-corrected chi connectivity index (χ1v) is 35.1. The van der Waals surface area contributed by atoms with Gasteiger partial charge in [0, 0.05) is 98.8 Å². The molecule has 0 N–H and O–H groups in total. The summed E-state index contributed by atoms with van der Waals surface area (Å²) in [5.41, 5.74) is 32.4. The van der Waals surface area contributed by atoms with Crippen LogP contribution in [0.2, 0.25) is 0 Å². The van der Waals surface area contributed by atoms with Crippen LogP contribution in [-0.4, -0.2) is 53.6 Å². The summed E-state index contributed by atoms with van der Waals surface area (Å²) in [6, 6.07) is 84.8. The number of fused-ring (bicyclic) bond motifs is 18. The number of hydrogen-bond donors (Lipinski definition) is 0. The number of hydrogen-bond acceptors (Lipinski definition) is 8. The van der Waals surface area contributed by atoms with Gasteiger partial charge in [0.15, 0.2) is 5.69 Å². The molecule has 0 amide bonds. The SMILES string of the molecule is CC1(C)c2ccccc2-c2cc3c(cc21)c1ncccc1n3-c1cccc(-c2ccccn2)n1.CC1(C)c2ccccc2-c2cc3c(cc21)c1ncccc1n3-c1cccc(-c2cccnc2)n1.[C-]#[N+]c1ccc2c(c1)C(C)(C)c1cc3c4ncccc4n(-c4cccc(-c5cccnc5)c4)c3cc1-2. The van der Waals surface area contributed by atoms with Gasteiger partial charge in [-0.1, -0.05) is 145 Å².